The van der Waals surface area contributed by atoms with Gasteiger partial charge in [-0.1, -0.05) is 6.92 Å². The maximum atomic E-state index is 12.0. The van der Waals surface area contributed by atoms with Gasteiger partial charge >= 0.3 is 12.1 Å². The van der Waals surface area contributed by atoms with E-state index in [1.54, 1.807) is 0 Å². The van der Waals surface area contributed by atoms with Gasteiger partial charge in [0.2, 0.25) is 0 Å². The SMILES string of the molecule is CCOC(=O)[C@@H](N)[C@H](C)C(F)(F)F. The fourth-order valence-corrected chi connectivity index (χ4v) is 0.646. The zero-order valence-electron chi connectivity index (χ0n) is 7.39. The fraction of sp³-hybridized carbons (Fsp3) is 0.857. The molecule has 0 aliphatic rings. The lowest BCUT2D eigenvalue weighted by molar-refractivity contribution is -0.184. The second-order valence-corrected chi connectivity index (χ2v) is 2.61. The molecule has 0 saturated heterocycles. The zero-order chi connectivity index (χ0) is 10.6. The molecule has 0 aromatic carbocycles. The number of nitrogens with two attached hydrogens (primary N) is 1. The molecule has 0 aromatic heterocycles. The van der Waals surface area contributed by atoms with Crippen molar-refractivity contribution in [3.63, 3.8) is 0 Å². The molecule has 0 saturated carbocycles. The maximum Gasteiger partial charge on any atom is 0.393 e. The van der Waals surface area contributed by atoms with E-state index in [0.29, 0.717) is 0 Å². The number of hydrogen-bond donors (Lipinski definition) is 1. The van der Waals surface area contributed by atoms with Crippen molar-refractivity contribution < 1.29 is 22.7 Å². The Kier molecular flexibility index (Phi) is 4.19. The molecule has 78 valence electrons. The predicted octanol–water partition coefficient (Wildman–Crippen LogP) is 1.08. The highest BCUT2D eigenvalue weighted by Crippen LogP contribution is 2.27. The van der Waals surface area contributed by atoms with Crippen LogP contribution in [0.4, 0.5) is 13.2 Å². The second kappa shape index (κ2) is 4.45. The third-order valence-electron chi connectivity index (χ3n) is 1.61. The summed E-state index contributed by atoms with van der Waals surface area (Å²) in [6.07, 6.45) is -4.47. The number of carbonyl (C=O) groups is 1. The van der Waals surface area contributed by atoms with Gasteiger partial charge in [0.1, 0.15) is 6.04 Å². The van der Waals surface area contributed by atoms with Crippen molar-refractivity contribution in [3.8, 4) is 0 Å². The van der Waals surface area contributed by atoms with Gasteiger partial charge in [0.25, 0.3) is 0 Å². The third-order valence-corrected chi connectivity index (χ3v) is 1.61. The smallest absolute Gasteiger partial charge is 0.393 e. The Bertz CT molecular complexity index is 181. The molecule has 0 fully saturated rings. The highest BCUT2D eigenvalue weighted by Gasteiger charge is 2.43. The molecular weight excluding hydrogens is 187 g/mol. The first-order valence-corrected chi connectivity index (χ1v) is 3.79. The van der Waals surface area contributed by atoms with Gasteiger partial charge in [-0.15, -0.1) is 0 Å². The summed E-state index contributed by atoms with van der Waals surface area (Å²) in [6.45, 7) is 2.38. The van der Waals surface area contributed by atoms with Crippen LogP contribution in [0.15, 0.2) is 0 Å². The molecule has 0 radical (unpaired) electrons. The van der Waals surface area contributed by atoms with Crippen LogP contribution < -0.4 is 5.73 Å². The van der Waals surface area contributed by atoms with Gasteiger partial charge in [0.05, 0.1) is 12.5 Å². The maximum absolute atomic E-state index is 12.0. The number of esters is 1. The van der Waals surface area contributed by atoms with E-state index in [1.807, 2.05) is 0 Å². The minimum atomic E-state index is -4.47. The summed E-state index contributed by atoms with van der Waals surface area (Å²) in [7, 11) is 0. The van der Waals surface area contributed by atoms with Crippen molar-refractivity contribution in [1.82, 2.24) is 0 Å². The van der Waals surface area contributed by atoms with Gasteiger partial charge in [0, 0.05) is 0 Å². The molecule has 0 aromatic rings. The molecule has 0 amide bonds. The topological polar surface area (TPSA) is 52.3 Å². The summed E-state index contributed by atoms with van der Waals surface area (Å²) in [5.41, 5.74) is 5.04. The minimum Gasteiger partial charge on any atom is -0.465 e. The first kappa shape index (κ1) is 12.2. The second-order valence-electron chi connectivity index (χ2n) is 2.61. The highest BCUT2D eigenvalue weighted by molar-refractivity contribution is 5.75. The number of ether oxygens (including phenoxy) is 1. The molecule has 3 nitrogen and oxygen atoms in total. The lowest BCUT2D eigenvalue weighted by Crippen LogP contribution is -2.44. The summed E-state index contributed by atoms with van der Waals surface area (Å²) in [4.78, 5) is 10.8. The molecule has 2 atom stereocenters. The van der Waals surface area contributed by atoms with Crippen LogP contribution in [0.1, 0.15) is 13.8 Å². The molecule has 2 N–H and O–H groups in total. The third kappa shape index (κ3) is 3.63. The first-order chi connectivity index (χ1) is 5.80. The molecule has 0 aliphatic heterocycles. The van der Waals surface area contributed by atoms with E-state index in [9.17, 15) is 18.0 Å². The molecule has 0 unspecified atom stereocenters. The Morgan fingerprint density at radius 1 is 1.54 bits per heavy atom. The number of carbonyl (C=O) groups excluding carboxylic acids is 1. The Balaban J connectivity index is 4.25. The predicted molar refractivity (Wildman–Crippen MR) is 39.8 cm³/mol. The summed E-state index contributed by atoms with van der Waals surface area (Å²) < 4.78 is 40.4. The monoisotopic (exact) mass is 199 g/mol. The Hall–Kier alpha value is -0.780. The van der Waals surface area contributed by atoms with Crippen LogP contribution in [-0.4, -0.2) is 24.8 Å². The van der Waals surface area contributed by atoms with E-state index in [-0.39, 0.29) is 6.61 Å². The minimum absolute atomic E-state index is 0.0249. The van der Waals surface area contributed by atoms with E-state index in [1.165, 1.54) is 6.92 Å². The lowest BCUT2D eigenvalue weighted by Gasteiger charge is -2.20. The van der Waals surface area contributed by atoms with Crippen molar-refractivity contribution in [3.05, 3.63) is 0 Å². The standard InChI is InChI=1S/C7H12F3NO2/c1-3-13-6(12)5(11)4(2)7(8,9)10/h4-5H,3,11H2,1-2H3/t4-,5-/m0/s1. The van der Waals surface area contributed by atoms with E-state index in [0.717, 1.165) is 6.92 Å². The Morgan fingerprint density at radius 3 is 2.31 bits per heavy atom. The fourth-order valence-electron chi connectivity index (χ4n) is 0.646. The van der Waals surface area contributed by atoms with Gasteiger partial charge < -0.3 is 10.5 Å². The quantitative estimate of drug-likeness (QED) is 0.692. The van der Waals surface area contributed by atoms with Gasteiger partial charge in [-0.05, 0) is 6.92 Å². The highest BCUT2D eigenvalue weighted by atomic mass is 19.4. The summed E-state index contributed by atoms with van der Waals surface area (Å²) in [5.74, 6) is -2.90. The summed E-state index contributed by atoms with van der Waals surface area (Å²) in [6, 6.07) is -1.64. The molecule has 6 heteroatoms. The van der Waals surface area contributed by atoms with Gasteiger partial charge in [-0.3, -0.25) is 4.79 Å². The van der Waals surface area contributed by atoms with E-state index >= 15 is 0 Å². The van der Waals surface area contributed by atoms with Crippen LogP contribution in [0, 0.1) is 5.92 Å². The molecule has 0 aliphatic carbocycles. The van der Waals surface area contributed by atoms with Crippen molar-refractivity contribution in [2.75, 3.05) is 6.61 Å². The average Bonchev–Trinajstić information content (AvgIpc) is 2.00. The van der Waals surface area contributed by atoms with Crippen LogP contribution in [0.25, 0.3) is 0 Å². The number of rotatable bonds is 3. The van der Waals surface area contributed by atoms with Crippen LogP contribution in [0.5, 0.6) is 0 Å². The van der Waals surface area contributed by atoms with E-state index in [2.05, 4.69) is 4.74 Å². The Morgan fingerprint density at radius 2 is 2.00 bits per heavy atom. The number of alkyl halides is 3. The van der Waals surface area contributed by atoms with Crippen molar-refractivity contribution in [2.45, 2.75) is 26.1 Å². The van der Waals surface area contributed by atoms with Crippen LogP contribution in [0.2, 0.25) is 0 Å². The van der Waals surface area contributed by atoms with E-state index in [4.69, 9.17) is 5.73 Å². The van der Waals surface area contributed by atoms with Gasteiger partial charge in [-0.25, -0.2) is 0 Å². The zero-order valence-corrected chi connectivity index (χ0v) is 7.39. The normalized spacial score (nSPS) is 16.5. The molecule has 0 bridgehead atoms. The molecule has 0 heterocycles. The van der Waals surface area contributed by atoms with Gasteiger partial charge in [-0.2, -0.15) is 13.2 Å². The molecule has 0 rings (SSSR count). The molecule has 13 heavy (non-hydrogen) atoms. The summed E-state index contributed by atoms with van der Waals surface area (Å²) >= 11 is 0. The summed E-state index contributed by atoms with van der Waals surface area (Å²) in [5, 5.41) is 0. The largest absolute Gasteiger partial charge is 0.465 e. The van der Waals surface area contributed by atoms with Crippen molar-refractivity contribution in [2.24, 2.45) is 11.7 Å². The molecular formula is C7H12F3NO2. The average molecular weight is 199 g/mol. The van der Waals surface area contributed by atoms with Crippen LogP contribution >= 0.6 is 0 Å². The lowest BCUT2D eigenvalue weighted by atomic mass is 10.0. The molecule has 0 spiro atoms. The van der Waals surface area contributed by atoms with Crippen LogP contribution in [0.3, 0.4) is 0 Å². The van der Waals surface area contributed by atoms with Gasteiger partial charge in [0.15, 0.2) is 0 Å². The van der Waals surface area contributed by atoms with Crippen molar-refractivity contribution >= 4 is 5.97 Å². The first-order valence-electron chi connectivity index (χ1n) is 3.79. The number of hydrogen-bond acceptors (Lipinski definition) is 3. The number of halogens is 3. The van der Waals surface area contributed by atoms with Crippen LogP contribution in [-0.2, 0) is 9.53 Å². The Labute approximate surface area is 74.0 Å². The van der Waals surface area contributed by atoms with Crippen molar-refractivity contribution in [1.29, 1.82) is 0 Å². The van der Waals surface area contributed by atoms with E-state index < -0.39 is 24.1 Å².